The molecule has 1 aromatic carbocycles. The van der Waals surface area contributed by atoms with Gasteiger partial charge in [0.1, 0.15) is 5.75 Å². The van der Waals surface area contributed by atoms with Crippen molar-refractivity contribution in [2.75, 3.05) is 20.7 Å². The second kappa shape index (κ2) is 5.41. The molecule has 1 aliphatic rings. The first-order valence-corrected chi connectivity index (χ1v) is 7.84. The molecule has 0 bridgehead atoms. The highest BCUT2D eigenvalue weighted by molar-refractivity contribution is 7.89. The van der Waals surface area contributed by atoms with Crippen LogP contribution in [0.2, 0.25) is 0 Å². The van der Waals surface area contributed by atoms with Crippen LogP contribution in [0, 0.1) is 5.92 Å². The molecule has 0 radical (unpaired) electrons. The number of carbonyl (C=O) groups is 1. The summed E-state index contributed by atoms with van der Waals surface area (Å²) in [6.45, 7) is 0.668. The average molecular weight is 298 g/mol. The lowest BCUT2D eigenvalue weighted by molar-refractivity contribution is 0.0785. The summed E-state index contributed by atoms with van der Waals surface area (Å²) in [4.78, 5) is 13.9. The number of benzene rings is 1. The smallest absolute Gasteiger partial charge is 0.257 e. The average Bonchev–Trinajstić information content (AvgIpc) is 3.19. The topological polar surface area (TPSA) is 89.7 Å². The molecule has 7 heteroatoms. The molecule has 1 amide bonds. The number of methoxy groups -OCH3 is 1. The van der Waals surface area contributed by atoms with Crippen LogP contribution in [0.3, 0.4) is 0 Å². The quantitative estimate of drug-likeness (QED) is 0.871. The Balaban J connectivity index is 2.34. The Morgan fingerprint density at radius 1 is 1.45 bits per heavy atom. The van der Waals surface area contributed by atoms with Gasteiger partial charge in [0.25, 0.3) is 5.91 Å². The molecule has 1 aromatic rings. The zero-order valence-corrected chi connectivity index (χ0v) is 12.3. The van der Waals surface area contributed by atoms with Crippen molar-refractivity contribution in [3.05, 3.63) is 23.8 Å². The Bertz CT molecular complexity index is 623. The number of hydrogen-bond donors (Lipinski definition) is 1. The van der Waals surface area contributed by atoms with Crippen molar-refractivity contribution in [2.45, 2.75) is 17.7 Å². The van der Waals surface area contributed by atoms with Crippen molar-refractivity contribution < 1.29 is 17.9 Å². The number of amides is 1. The Kier molecular flexibility index (Phi) is 4.01. The van der Waals surface area contributed by atoms with E-state index in [4.69, 9.17) is 9.88 Å². The summed E-state index contributed by atoms with van der Waals surface area (Å²) in [5.74, 6) is 0.626. The predicted octanol–water partition coefficient (Wildman–Crippen LogP) is 0.825. The molecule has 0 unspecified atom stereocenters. The van der Waals surface area contributed by atoms with E-state index in [1.165, 1.54) is 25.3 Å². The number of hydrogen-bond acceptors (Lipinski definition) is 4. The summed E-state index contributed by atoms with van der Waals surface area (Å²) >= 11 is 0. The predicted molar refractivity (Wildman–Crippen MR) is 74.1 cm³/mol. The Labute approximate surface area is 118 Å². The fourth-order valence-electron chi connectivity index (χ4n) is 2.01. The lowest BCUT2D eigenvalue weighted by Gasteiger charge is -2.18. The van der Waals surface area contributed by atoms with E-state index >= 15 is 0 Å². The molecule has 0 aliphatic heterocycles. The van der Waals surface area contributed by atoms with Crippen molar-refractivity contribution >= 4 is 15.9 Å². The van der Waals surface area contributed by atoms with Crippen LogP contribution in [0.1, 0.15) is 23.2 Å². The van der Waals surface area contributed by atoms with E-state index in [9.17, 15) is 13.2 Å². The second-order valence-electron chi connectivity index (χ2n) is 5.04. The third-order valence-electron chi connectivity index (χ3n) is 3.31. The molecule has 0 atom stereocenters. The first kappa shape index (κ1) is 14.8. The molecule has 1 fully saturated rings. The van der Waals surface area contributed by atoms with Gasteiger partial charge in [-0.15, -0.1) is 0 Å². The van der Waals surface area contributed by atoms with Crippen LogP contribution < -0.4 is 9.88 Å². The summed E-state index contributed by atoms with van der Waals surface area (Å²) < 4.78 is 27.9. The summed E-state index contributed by atoms with van der Waals surface area (Å²) in [5, 5.41) is 5.09. The van der Waals surface area contributed by atoms with E-state index < -0.39 is 10.0 Å². The molecule has 2 N–H and O–H groups in total. The first-order chi connectivity index (χ1) is 9.32. The van der Waals surface area contributed by atoms with Gasteiger partial charge in [-0.05, 0) is 37.0 Å². The fourth-order valence-corrected chi connectivity index (χ4v) is 2.55. The zero-order valence-electron chi connectivity index (χ0n) is 11.5. The summed E-state index contributed by atoms with van der Waals surface area (Å²) in [7, 11) is -0.714. The van der Waals surface area contributed by atoms with Crippen LogP contribution in [0.4, 0.5) is 0 Å². The highest BCUT2D eigenvalue weighted by Crippen LogP contribution is 2.30. The van der Waals surface area contributed by atoms with Gasteiger partial charge in [0.05, 0.1) is 17.6 Å². The summed E-state index contributed by atoms with van der Waals surface area (Å²) in [5.41, 5.74) is 0.210. The maximum absolute atomic E-state index is 12.4. The third kappa shape index (κ3) is 3.29. The second-order valence-corrected chi connectivity index (χ2v) is 6.60. The minimum atomic E-state index is -3.85. The maximum atomic E-state index is 12.4. The summed E-state index contributed by atoms with van der Waals surface area (Å²) in [6.07, 6.45) is 2.26. The van der Waals surface area contributed by atoms with Gasteiger partial charge in [-0.2, -0.15) is 0 Å². The standard InChI is InChI=1S/C13H18N2O4S/c1-15(8-9-3-4-9)13(16)11-7-10(20(14,17)18)5-6-12(11)19-2/h5-7,9H,3-4,8H2,1-2H3,(H2,14,17,18). The van der Waals surface area contributed by atoms with E-state index in [0.29, 0.717) is 18.2 Å². The highest BCUT2D eigenvalue weighted by atomic mass is 32.2. The molecule has 0 saturated heterocycles. The molecule has 1 aliphatic carbocycles. The van der Waals surface area contributed by atoms with Crippen molar-refractivity contribution in [1.29, 1.82) is 0 Å². The molecule has 2 rings (SSSR count). The Morgan fingerprint density at radius 2 is 2.10 bits per heavy atom. The van der Waals surface area contributed by atoms with E-state index in [0.717, 1.165) is 12.8 Å². The van der Waals surface area contributed by atoms with Gasteiger partial charge >= 0.3 is 0 Å². The SMILES string of the molecule is COc1ccc(S(N)(=O)=O)cc1C(=O)N(C)CC1CC1. The Morgan fingerprint density at radius 3 is 2.60 bits per heavy atom. The molecule has 0 spiro atoms. The molecular weight excluding hydrogens is 280 g/mol. The number of rotatable bonds is 5. The van der Waals surface area contributed by atoms with Gasteiger partial charge < -0.3 is 9.64 Å². The van der Waals surface area contributed by atoms with Gasteiger partial charge in [0, 0.05) is 13.6 Å². The largest absolute Gasteiger partial charge is 0.496 e. The fraction of sp³-hybridized carbons (Fsp3) is 0.462. The number of nitrogens with zero attached hydrogens (tertiary/aromatic N) is 1. The molecule has 0 heterocycles. The molecular formula is C13H18N2O4S. The van der Waals surface area contributed by atoms with Crippen LogP contribution >= 0.6 is 0 Å². The maximum Gasteiger partial charge on any atom is 0.257 e. The van der Waals surface area contributed by atoms with Gasteiger partial charge in [-0.1, -0.05) is 0 Å². The lowest BCUT2D eigenvalue weighted by atomic mass is 10.1. The van der Waals surface area contributed by atoms with Crippen LogP contribution in [0.5, 0.6) is 5.75 Å². The van der Waals surface area contributed by atoms with E-state index in [1.807, 2.05) is 0 Å². The molecule has 110 valence electrons. The first-order valence-electron chi connectivity index (χ1n) is 6.29. The van der Waals surface area contributed by atoms with E-state index in [1.54, 1.807) is 11.9 Å². The minimum absolute atomic E-state index is 0.0959. The van der Waals surface area contributed by atoms with Crippen molar-refractivity contribution in [3.63, 3.8) is 0 Å². The van der Waals surface area contributed by atoms with Gasteiger partial charge in [-0.25, -0.2) is 13.6 Å². The van der Waals surface area contributed by atoms with Gasteiger partial charge in [-0.3, -0.25) is 4.79 Å². The minimum Gasteiger partial charge on any atom is -0.496 e. The van der Waals surface area contributed by atoms with Crippen LogP contribution in [-0.4, -0.2) is 39.9 Å². The Hall–Kier alpha value is -1.60. The number of nitrogens with two attached hydrogens (primary N) is 1. The van der Waals surface area contributed by atoms with E-state index in [-0.39, 0.29) is 16.4 Å². The normalized spacial score (nSPS) is 14.9. The lowest BCUT2D eigenvalue weighted by Crippen LogP contribution is -2.29. The molecule has 1 saturated carbocycles. The number of carbonyl (C=O) groups excluding carboxylic acids is 1. The van der Waals surface area contributed by atoms with Gasteiger partial charge in [0.15, 0.2) is 0 Å². The molecule has 6 nitrogen and oxygen atoms in total. The van der Waals surface area contributed by atoms with Crippen molar-refractivity contribution in [2.24, 2.45) is 11.1 Å². The van der Waals surface area contributed by atoms with Crippen LogP contribution in [0.15, 0.2) is 23.1 Å². The van der Waals surface area contributed by atoms with Crippen molar-refractivity contribution in [3.8, 4) is 5.75 Å². The van der Waals surface area contributed by atoms with Crippen LogP contribution in [0.25, 0.3) is 0 Å². The summed E-state index contributed by atoms with van der Waals surface area (Å²) in [6, 6.07) is 4.03. The van der Waals surface area contributed by atoms with E-state index in [2.05, 4.69) is 0 Å². The zero-order chi connectivity index (χ0) is 14.9. The molecule has 20 heavy (non-hydrogen) atoms. The number of primary sulfonamides is 1. The monoisotopic (exact) mass is 298 g/mol. The molecule has 0 aromatic heterocycles. The van der Waals surface area contributed by atoms with Crippen molar-refractivity contribution in [1.82, 2.24) is 4.90 Å². The van der Waals surface area contributed by atoms with Crippen LogP contribution in [-0.2, 0) is 10.0 Å². The van der Waals surface area contributed by atoms with Gasteiger partial charge in [0.2, 0.25) is 10.0 Å². The number of ether oxygens (including phenoxy) is 1. The third-order valence-corrected chi connectivity index (χ3v) is 4.22. The highest BCUT2D eigenvalue weighted by Gasteiger charge is 2.27. The number of sulfonamides is 1.